The van der Waals surface area contributed by atoms with Crippen molar-refractivity contribution >= 4 is 16.7 Å². The highest BCUT2D eigenvalue weighted by Crippen LogP contribution is 2.46. The number of benzene rings is 2. The second-order valence-electron chi connectivity index (χ2n) is 11.6. The molecule has 2 aromatic carbocycles. The summed E-state index contributed by atoms with van der Waals surface area (Å²) in [5, 5.41) is 0.439. The molecular formula is C30H35F6NO3. The summed E-state index contributed by atoms with van der Waals surface area (Å²) >= 11 is 0. The first-order chi connectivity index (χ1) is 18.9. The van der Waals surface area contributed by atoms with Crippen LogP contribution in [-0.4, -0.2) is 42.3 Å². The summed E-state index contributed by atoms with van der Waals surface area (Å²) in [6.07, 6.45) is -5.42. The minimum atomic E-state index is -4.70. The molecule has 2 unspecified atom stereocenters. The van der Waals surface area contributed by atoms with Gasteiger partial charge in [0.1, 0.15) is 11.3 Å². The molecule has 3 aliphatic rings. The van der Waals surface area contributed by atoms with E-state index in [4.69, 9.17) is 9.47 Å². The quantitative estimate of drug-likeness (QED) is 0.268. The highest BCUT2D eigenvalue weighted by atomic mass is 19.4. The molecule has 1 aliphatic carbocycles. The number of carbonyl (C=O) groups excluding carboxylic acids is 1. The smallest absolute Gasteiger partial charge is 0.420 e. The Morgan fingerprint density at radius 2 is 1.57 bits per heavy atom. The molecule has 220 valence electrons. The normalized spacial score (nSPS) is 28.8. The number of hydrogen-bond donors (Lipinski definition) is 0. The van der Waals surface area contributed by atoms with Gasteiger partial charge in [-0.25, -0.2) is 0 Å². The van der Waals surface area contributed by atoms with Gasteiger partial charge in [0, 0.05) is 18.1 Å². The van der Waals surface area contributed by atoms with E-state index in [1.165, 1.54) is 19.2 Å². The van der Waals surface area contributed by atoms with Gasteiger partial charge in [-0.15, -0.1) is 0 Å². The lowest BCUT2D eigenvalue weighted by Crippen LogP contribution is -2.54. The lowest BCUT2D eigenvalue weighted by Gasteiger charge is -2.51. The fourth-order valence-corrected chi connectivity index (χ4v) is 7.25. The number of nitrogens with zero attached hydrogens (tertiary/aromatic N) is 1. The third-order valence-electron chi connectivity index (χ3n) is 9.22. The monoisotopic (exact) mass is 571 g/mol. The van der Waals surface area contributed by atoms with E-state index in [9.17, 15) is 31.1 Å². The summed E-state index contributed by atoms with van der Waals surface area (Å²) in [7, 11) is 1.41. The van der Waals surface area contributed by atoms with Crippen molar-refractivity contribution in [1.29, 1.82) is 0 Å². The number of fused-ring (bicyclic) bond motifs is 3. The third-order valence-corrected chi connectivity index (χ3v) is 9.22. The van der Waals surface area contributed by atoms with Crippen LogP contribution in [-0.2, 0) is 15.7 Å². The number of piperidine rings is 2. The fraction of sp³-hybridized carbons (Fsp3) is 0.633. The van der Waals surface area contributed by atoms with Crippen molar-refractivity contribution in [3.8, 4) is 5.75 Å². The second-order valence-corrected chi connectivity index (χ2v) is 11.6. The van der Waals surface area contributed by atoms with Gasteiger partial charge in [-0.2, -0.15) is 26.3 Å². The number of halogens is 6. The number of ether oxygens (including phenoxy) is 2. The Balaban J connectivity index is 1.39. The maximum atomic E-state index is 14.3. The molecular weight excluding hydrogens is 536 g/mol. The Labute approximate surface area is 230 Å². The molecule has 4 nitrogen and oxygen atoms in total. The van der Waals surface area contributed by atoms with Crippen LogP contribution in [0.25, 0.3) is 10.8 Å². The molecule has 5 rings (SSSR count). The van der Waals surface area contributed by atoms with E-state index in [0.29, 0.717) is 18.2 Å². The standard InChI is InChI=1S/C30H35F6NO3/c1-17(37-22-4-3-5-23(37)16-20(15-22)28(38)39-2)18-6-12-25-19(14-18)7-13-26(27(25)30(34,35)36)40-24-10-8-21(9-11-24)29(31,32)33/h6-7,12-14,17,20-24H,3-5,8-11,15-16H2,1-2H3/t17-,20?,21-,22?,23?,24+/m1/s1. The van der Waals surface area contributed by atoms with Crippen LogP contribution in [0.1, 0.15) is 81.9 Å². The predicted octanol–water partition coefficient (Wildman–Crippen LogP) is 8.23. The first-order valence-corrected chi connectivity index (χ1v) is 14.1. The lowest BCUT2D eigenvalue weighted by molar-refractivity contribution is -0.185. The van der Waals surface area contributed by atoms with Crippen LogP contribution >= 0.6 is 0 Å². The van der Waals surface area contributed by atoms with E-state index < -0.39 is 29.9 Å². The van der Waals surface area contributed by atoms with Crippen molar-refractivity contribution in [3.05, 3.63) is 41.5 Å². The molecule has 10 heteroatoms. The van der Waals surface area contributed by atoms with Gasteiger partial charge in [0.25, 0.3) is 0 Å². The lowest BCUT2D eigenvalue weighted by atomic mass is 9.77. The SMILES string of the molecule is COC(=O)C1CC2CCCC(C1)N2[C@H](C)c1ccc2c(C(F)(F)F)c(O[C@H]3CC[C@@H](C(F)(F)F)CC3)ccc2c1. The molecule has 2 aromatic rings. The van der Waals surface area contributed by atoms with Crippen molar-refractivity contribution in [3.63, 3.8) is 0 Å². The van der Waals surface area contributed by atoms with E-state index >= 15 is 0 Å². The van der Waals surface area contributed by atoms with Gasteiger partial charge < -0.3 is 9.47 Å². The van der Waals surface area contributed by atoms with Crippen LogP contribution in [0.4, 0.5) is 26.3 Å². The van der Waals surface area contributed by atoms with Gasteiger partial charge in [-0.3, -0.25) is 9.69 Å². The van der Waals surface area contributed by atoms with E-state index in [2.05, 4.69) is 11.8 Å². The fourth-order valence-electron chi connectivity index (χ4n) is 7.25. The summed E-state index contributed by atoms with van der Waals surface area (Å²) in [5.74, 6) is -2.08. The van der Waals surface area contributed by atoms with Crippen molar-refractivity contribution in [1.82, 2.24) is 4.90 Å². The van der Waals surface area contributed by atoms with Crippen molar-refractivity contribution in [2.75, 3.05) is 7.11 Å². The summed E-state index contributed by atoms with van der Waals surface area (Å²) in [6.45, 7) is 2.06. The minimum absolute atomic E-state index is 0.00882. The zero-order chi connectivity index (χ0) is 28.8. The van der Waals surface area contributed by atoms with Crippen LogP contribution in [0.5, 0.6) is 5.75 Å². The van der Waals surface area contributed by atoms with Gasteiger partial charge in [0.2, 0.25) is 0 Å². The van der Waals surface area contributed by atoms with Gasteiger partial charge in [-0.1, -0.05) is 24.6 Å². The summed E-state index contributed by atoms with van der Waals surface area (Å²) in [5.41, 5.74) is 0.00564. The van der Waals surface area contributed by atoms with Crippen LogP contribution < -0.4 is 4.74 Å². The van der Waals surface area contributed by atoms with E-state index in [1.807, 2.05) is 0 Å². The second kappa shape index (κ2) is 11.1. The molecule has 2 aliphatic heterocycles. The van der Waals surface area contributed by atoms with E-state index in [1.54, 1.807) is 18.2 Å². The first kappa shape index (κ1) is 29.0. The topological polar surface area (TPSA) is 38.8 Å². The van der Waals surface area contributed by atoms with E-state index in [-0.39, 0.29) is 66.8 Å². The van der Waals surface area contributed by atoms with Crippen LogP contribution in [0.2, 0.25) is 0 Å². The zero-order valence-corrected chi connectivity index (χ0v) is 22.7. The van der Waals surface area contributed by atoms with Gasteiger partial charge in [0.15, 0.2) is 0 Å². The zero-order valence-electron chi connectivity index (χ0n) is 22.7. The molecule has 0 spiro atoms. The molecule has 3 fully saturated rings. The molecule has 0 radical (unpaired) electrons. The van der Waals surface area contributed by atoms with E-state index in [0.717, 1.165) is 24.8 Å². The number of hydrogen-bond acceptors (Lipinski definition) is 4. The number of carbonyl (C=O) groups is 1. The van der Waals surface area contributed by atoms with Gasteiger partial charge in [-0.05, 0) is 86.8 Å². The van der Waals surface area contributed by atoms with Crippen LogP contribution in [0.3, 0.4) is 0 Å². The Bertz CT molecular complexity index is 1210. The average molecular weight is 572 g/mol. The summed E-state index contributed by atoms with van der Waals surface area (Å²) < 4.78 is 92.7. The third kappa shape index (κ3) is 5.78. The molecule has 0 N–H and O–H groups in total. The number of rotatable bonds is 5. The van der Waals surface area contributed by atoms with Crippen LogP contribution in [0, 0.1) is 11.8 Å². The molecule has 0 amide bonds. The van der Waals surface area contributed by atoms with Crippen molar-refractivity contribution < 1.29 is 40.6 Å². The highest BCUT2D eigenvalue weighted by Gasteiger charge is 2.44. The van der Waals surface area contributed by atoms with Crippen LogP contribution in [0.15, 0.2) is 30.3 Å². The number of alkyl halides is 6. The Morgan fingerprint density at radius 1 is 0.925 bits per heavy atom. The molecule has 3 atom stereocenters. The Morgan fingerprint density at radius 3 is 2.15 bits per heavy atom. The predicted molar refractivity (Wildman–Crippen MR) is 138 cm³/mol. The summed E-state index contributed by atoms with van der Waals surface area (Å²) in [4.78, 5) is 14.6. The Kier molecular flexibility index (Phi) is 8.03. The average Bonchev–Trinajstić information content (AvgIpc) is 2.90. The molecule has 2 bridgehead atoms. The van der Waals surface area contributed by atoms with Gasteiger partial charge in [0.05, 0.1) is 25.0 Å². The van der Waals surface area contributed by atoms with Crippen molar-refractivity contribution in [2.45, 2.75) is 101 Å². The first-order valence-electron chi connectivity index (χ1n) is 14.1. The number of methoxy groups -OCH3 is 1. The largest absolute Gasteiger partial charge is 0.490 e. The molecule has 1 saturated carbocycles. The molecule has 40 heavy (non-hydrogen) atoms. The minimum Gasteiger partial charge on any atom is -0.490 e. The maximum absolute atomic E-state index is 14.3. The molecule has 2 heterocycles. The maximum Gasteiger partial charge on any atom is 0.420 e. The van der Waals surface area contributed by atoms with Gasteiger partial charge >= 0.3 is 18.3 Å². The highest BCUT2D eigenvalue weighted by molar-refractivity contribution is 5.89. The molecule has 2 saturated heterocycles. The molecule has 0 aromatic heterocycles. The number of esters is 1. The summed E-state index contributed by atoms with van der Waals surface area (Å²) in [6, 6.07) is 8.25. The Hall–Kier alpha value is -2.49. The van der Waals surface area contributed by atoms with Crippen molar-refractivity contribution in [2.24, 2.45) is 11.8 Å².